The molecule has 0 saturated carbocycles. The van der Waals surface area contributed by atoms with E-state index in [1.54, 1.807) is 13.2 Å². The number of phenols is 1. The summed E-state index contributed by atoms with van der Waals surface area (Å²) in [6, 6.07) is 5.47. The average molecular weight is 277 g/mol. The van der Waals surface area contributed by atoms with Gasteiger partial charge in [0.15, 0.2) is 11.5 Å². The fourth-order valence-electron chi connectivity index (χ4n) is 2.00. The van der Waals surface area contributed by atoms with Gasteiger partial charge in [-0.05, 0) is 18.6 Å². The number of ether oxygens (including phenoxy) is 2. The van der Waals surface area contributed by atoms with Crippen molar-refractivity contribution in [3.05, 3.63) is 23.9 Å². The molecule has 0 aliphatic carbocycles. The van der Waals surface area contributed by atoms with Gasteiger partial charge in [0.2, 0.25) is 0 Å². The highest BCUT2D eigenvalue weighted by atomic mass is 16.5. The maximum absolute atomic E-state index is 10.1. The van der Waals surface area contributed by atoms with Gasteiger partial charge in [0.1, 0.15) is 11.3 Å². The fourth-order valence-corrected chi connectivity index (χ4v) is 2.00. The molecule has 0 fully saturated rings. The van der Waals surface area contributed by atoms with Gasteiger partial charge in [-0.15, -0.1) is 0 Å². The van der Waals surface area contributed by atoms with Crippen LogP contribution in [0.4, 0.5) is 0 Å². The SMILES string of the molecule is CC.CCCc1cc(OC)c2ccc(OC)c(O)c2n1. The lowest BCUT2D eigenvalue weighted by atomic mass is 10.1. The molecule has 1 N–H and O–H groups in total. The summed E-state index contributed by atoms with van der Waals surface area (Å²) in [5.41, 5.74) is 1.43. The first-order valence-corrected chi connectivity index (χ1v) is 6.94. The first-order valence-electron chi connectivity index (χ1n) is 6.94. The quantitative estimate of drug-likeness (QED) is 0.919. The lowest BCUT2D eigenvalue weighted by Gasteiger charge is -2.11. The topological polar surface area (TPSA) is 51.6 Å². The summed E-state index contributed by atoms with van der Waals surface area (Å²) in [5.74, 6) is 1.21. The molecule has 1 heterocycles. The monoisotopic (exact) mass is 277 g/mol. The van der Waals surface area contributed by atoms with E-state index in [2.05, 4.69) is 11.9 Å². The Hall–Kier alpha value is -1.97. The highest BCUT2D eigenvalue weighted by Gasteiger charge is 2.13. The minimum Gasteiger partial charge on any atom is -0.503 e. The number of hydrogen-bond acceptors (Lipinski definition) is 4. The predicted molar refractivity (Wildman–Crippen MR) is 81.9 cm³/mol. The Morgan fingerprint density at radius 1 is 1.10 bits per heavy atom. The van der Waals surface area contributed by atoms with Crippen LogP contribution in [0.25, 0.3) is 10.9 Å². The molecule has 20 heavy (non-hydrogen) atoms. The van der Waals surface area contributed by atoms with Crippen molar-refractivity contribution in [2.24, 2.45) is 0 Å². The van der Waals surface area contributed by atoms with Gasteiger partial charge in [-0.1, -0.05) is 27.2 Å². The van der Waals surface area contributed by atoms with E-state index >= 15 is 0 Å². The van der Waals surface area contributed by atoms with Crippen LogP contribution in [-0.4, -0.2) is 24.3 Å². The van der Waals surface area contributed by atoms with Crippen LogP contribution in [0.5, 0.6) is 17.2 Å². The molecule has 0 unspecified atom stereocenters. The molecule has 0 aliphatic rings. The Morgan fingerprint density at radius 3 is 2.30 bits per heavy atom. The number of pyridine rings is 1. The second kappa shape index (κ2) is 7.58. The number of nitrogens with zero attached hydrogens (tertiary/aromatic N) is 1. The van der Waals surface area contributed by atoms with E-state index in [1.165, 1.54) is 7.11 Å². The van der Waals surface area contributed by atoms with Crippen molar-refractivity contribution in [2.75, 3.05) is 14.2 Å². The zero-order chi connectivity index (χ0) is 15.1. The maximum Gasteiger partial charge on any atom is 0.184 e. The van der Waals surface area contributed by atoms with E-state index in [-0.39, 0.29) is 5.75 Å². The van der Waals surface area contributed by atoms with Gasteiger partial charge >= 0.3 is 0 Å². The second-order valence-corrected chi connectivity index (χ2v) is 4.08. The molecule has 0 spiro atoms. The van der Waals surface area contributed by atoms with Crippen molar-refractivity contribution in [2.45, 2.75) is 33.6 Å². The summed E-state index contributed by atoms with van der Waals surface area (Å²) in [4.78, 5) is 4.47. The number of aromatic hydroxyl groups is 1. The minimum atomic E-state index is 0.0613. The first kappa shape index (κ1) is 16.1. The number of aromatic nitrogens is 1. The second-order valence-electron chi connectivity index (χ2n) is 4.08. The molecule has 4 heteroatoms. The molecule has 1 aromatic carbocycles. The van der Waals surface area contributed by atoms with Crippen molar-refractivity contribution in [3.8, 4) is 17.2 Å². The highest BCUT2D eigenvalue weighted by molar-refractivity contribution is 5.91. The van der Waals surface area contributed by atoms with Crippen LogP contribution in [-0.2, 0) is 6.42 Å². The third kappa shape index (κ3) is 3.13. The van der Waals surface area contributed by atoms with Crippen molar-refractivity contribution in [1.82, 2.24) is 4.98 Å². The number of phenolic OH excluding ortho intramolecular Hbond substituents is 1. The average Bonchev–Trinajstić information content (AvgIpc) is 2.50. The van der Waals surface area contributed by atoms with Crippen LogP contribution >= 0.6 is 0 Å². The van der Waals surface area contributed by atoms with E-state index in [0.29, 0.717) is 11.3 Å². The van der Waals surface area contributed by atoms with E-state index in [0.717, 1.165) is 29.7 Å². The number of fused-ring (bicyclic) bond motifs is 1. The Morgan fingerprint density at radius 2 is 1.75 bits per heavy atom. The van der Waals surface area contributed by atoms with Gasteiger partial charge < -0.3 is 14.6 Å². The first-order chi connectivity index (χ1) is 9.71. The molecule has 0 amide bonds. The molecular formula is C16H23NO3. The van der Waals surface area contributed by atoms with Crippen molar-refractivity contribution in [1.29, 1.82) is 0 Å². The molecular weight excluding hydrogens is 254 g/mol. The highest BCUT2D eigenvalue weighted by Crippen LogP contribution is 2.37. The molecule has 0 radical (unpaired) electrons. The van der Waals surface area contributed by atoms with Crippen LogP contribution in [0, 0.1) is 0 Å². The Balaban J connectivity index is 0.000000956. The van der Waals surface area contributed by atoms with Crippen LogP contribution in [0.1, 0.15) is 32.9 Å². The smallest absolute Gasteiger partial charge is 0.184 e. The molecule has 0 bridgehead atoms. The zero-order valence-electron chi connectivity index (χ0n) is 12.9. The van der Waals surface area contributed by atoms with Crippen molar-refractivity contribution < 1.29 is 14.6 Å². The van der Waals surface area contributed by atoms with Crippen LogP contribution in [0.3, 0.4) is 0 Å². The Bertz CT molecular complexity index is 567. The Kier molecular flexibility index (Phi) is 6.10. The summed E-state index contributed by atoms with van der Waals surface area (Å²) >= 11 is 0. The number of methoxy groups -OCH3 is 2. The summed E-state index contributed by atoms with van der Waals surface area (Å²) in [7, 11) is 3.14. The normalized spacial score (nSPS) is 9.85. The van der Waals surface area contributed by atoms with Gasteiger partial charge in [-0.25, -0.2) is 4.98 Å². The van der Waals surface area contributed by atoms with E-state index in [9.17, 15) is 5.11 Å². The van der Waals surface area contributed by atoms with E-state index in [1.807, 2.05) is 26.0 Å². The molecule has 0 atom stereocenters. The van der Waals surface area contributed by atoms with E-state index in [4.69, 9.17) is 9.47 Å². The number of rotatable bonds is 4. The molecule has 2 rings (SSSR count). The fraction of sp³-hybridized carbons (Fsp3) is 0.438. The third-order valence-corrected chi connectivity index (χ3v) is 2.88. The number of aryl methyl sites for hydroxylation is 1. The lowest BCUT2D eigenvalue weighted by Crippen LogP contribution is -1.95. The molecule has 110 valence electrons. The molecule has 4 nitrogen and oxygen atoms in total. The zero-order valence-corrected chi connectivity index (χ0v) is 12.9. The Labute approximate surface area is 120 Å². The van der Waals surface area contributed by atoms with Gasteiger partial charge in [-0.3, -0.25) is 0 Å². The molecule has 1 aromatic heterocycles. The van der Waals surface area contributed by atoms with Gasteiger partial charge in [0.05, 0.1) is 14.2 Å². The maximum atomic E-state index is 10.1. The standard InChI is InChI=1S/C14H17NO3.C2H6/c1-4-5-9-8-12(18-3)10-6-7-11(17-2)14(16)13(10)15-9;1-2/h6-8,16H,4-5H2,1-3H3;1-2H3. The van der Waals surface area contributed by atoms with E-state index < -0.39 is 0 Å². The number of benzene rings is 1. The van der Waals surface area contributed by atoms with Crippen molar-refractivity contribution in [3.63, 3.8) is 0 Å². The molecule has 0 aliphatic heterocycles. The third-order valence-electron chi connectivity index (χ3n) is 2.88. The van der Waals surface area contributed by atoms with Crippen LogP contribution in [0.2, 0.25) is 0 Å². The molecule has 2 aromatic rings. The lowest BCUT2D eigenvalue weighted by molar-refractivity contribution is 0.375. The van der Waals surface area contributed by atoms with Gasteiger partial charge in [-0.2, -0.15) is 0 Å². The summed E-state index contributed by atoms with van der Waals surface area (Å²) in [6.07, 6.45) is 1.84. The number of hydrogen-bond donors (Lipinski definition) is 1. The van der Waals surface area contributed by atoms with Gasteiger partial charge in [0.25, 0.3) is 0 Å². The molecule has 0 saturated heterocycles. The van der Waals surface area contributed by atoms with Crippen LogP contribution < -0.4 is 9.47 Å². The predicted octanol–water partition coefficient (Wildman–Crippen LogP) is 3.94. The largest absolute Gasteiger partial charge is 0.503 e. The summed E-state index contributed by atoms with van der Waals surface area (Å²) in [5, 5.41) is 10.9. The van der Waals surface area contributed by atoms with Crippen LogP contribution in [0.15, 0.2) is 18.2 Å². The van der Waals surface area contributed by atoms with Crippen molar-refractivity contribution >= 4 is 10.9 Å². The summed E-state index contributed by atoms with van der Waals surface area (Å²) < 4.78 is 10.4. The van der Waals surface area contributed by atoms with Gasteiger partial charge in [0, 0.05) is 17.1 Å². The summed E-state index contributed by atoms with van der Waals surface area (Å²) in [6.45, 7) is 6.09. The minimum absolute atomic E-state index is 0.0613.